The molecule has 3 amide bonds. The van der Waals surface area contributed by atoms with Gasteiger partial charge in [-0.15, -0.1) is 0 Å². The number of nitrogens with two attached hydrogens (primary N) is 1. The van der Waals surface area contributed by atoms with E-state index in [2.05, 4.69) is 10.2 Å². The average molecular weight is 425 g/mol. The fourth-order valence-electron chi connectivity index (χ4n) is 4.46. The average Bonchev–Trinajstić information content (AvgIpc) is 3.46. The highest BCUT2D eigenvalue weighted by Gasteiger charge is 2.30. The highest BCUT2D eigenvalue weighted by atomic mass is 16.3. The fraction of sp³-hybridized carbons (Fsp3) is 0.435. The van der Waals surface area contributed by atoms with Crippen LogP contribution in [0.5, 0.6) is 0 Å². The maximum atomic E-state index is 12.8. The molecule has 0 spiro atoms. The van der Waals surface area contributed by atoms with Gasteiger partial charge in [0.1, 0.15) is 0 Å². The van der Waals surface area contributed by atoms with Gasteiger partial charge in [0.05, 0.1) is 12.3 Å². The highest BCUT2D eigenvalue weighted by molar-refractivity contribution is 5.94. The molecule has 1 unspecified atom stereocenters. The second-order valence-corrected chi connectivity index (χ2v) is 8.26. The summed E-state index contributed by atoms with van der Waals surface area (Å²) in [4.78, 5) is 40.6. The molecule has 164 valence electrons. The number of nitrogens with one attached hydrogen (secondary N) is 1. The lowest BCUT2D eigenvalue weighted by Gasteiger charge is -2.30. The van der Waals surface area contributed by atoms with Gasteiger partial charge in [-0.1, -0.05) is 12.1 Å². The van der Waals surface area contributed by atoms with Crippen molar-refractivity contribution in [3.8, 4) is 0 Å². The summed E-state index contributed by atoms with van der Waals surface area (Å²) in [5.74, 6) is -0.247. The van der Waals surface area contributed by atoms with Crippen LogP contribution < -0.4 is 11.1 Å². The number of benzene rings is 1. The second kappa shape index (κ2) is 9.34. The summed E-state index contributed by atoms with van der Waals surface area (Å²) in [5.41, 5.74) is 7.28. The smallest absolute Gasteiger partial charge is 0.289 e. The Hall–Kier alpha value is -3.13. The molecule has 1 aromatic heterocycles. The molecule has 2 aliphatic rings. The SMILES string of the molecule is NC(=O)C1CCCN1Cc1cccc(NC(=O)C2CCN(C(=O)c3ccco3)CC2)c1. The number of nitrogens with zero attached hydrogens (tertiary/aromatic N) is 2. The molecule has 2 saturated heterocycles. The van der Waals surface area contributed by atoms with E-state index in [9.17, 15) is 14.4 Å². The number of hydrogen-bond donors (Lipinski definition) is 2. The molecule has 3 heterocycles. The molecule has 2 fully saturated rings. The van der Waals surface area contributed by atoms with Crippen LogP contribution in [0.1, 0.15) is 41.8 Å². The van der Waals surface area contributed by atoms with E-state index >= 15 is 0 Å². The Kier molecular flexibility index (Phi) is 6.36. The number of likely N-dealkylation sites (tertiary alicyclic amines) is 2. The van der Waals surface area contributed by atoms with Crippen molar-refractivity contribution in [2.45, 2.75) is 38.3 Å². The molecule has 2 aromatic rings. The Morgan fingerprint density at radius 2 is 1.87 bits per heavy atom. The van der Waals surface area contributed by atoms with Crippen LogP contribution in [0.4, 0.5) is 5.69 Å². The van der Waals surface area contributed by atoms with Crippen molar-refractivity contribution in [1.29, 1.82) is 0 Å². The topological polar surface area (TPSA) is 109 Å². The number of furan rings is 1. The molecule has 4 rings (SSSR count). The van der Waals surface area contributed by atoms with Crippen LogP contribution in [0.25, 0.3) is 0 Å². The van der Waals surface area contributed by atoms with E-state index in [1.807, 2.05) is 24.3 Å². The first-order chi connectivity index (χ1) is 15.0. The van der Waals surface area contributed by atoms with Crippen molar-refractivity contribution in [2.24, 2.45) is 11.7 Å². The van der Waals surface area contributed by atoms with Crippen molar-refractivity contribution in [3.63, 3.8) is 0 Å². The Balaban J connectivity index is 1.30. The van der Waals surface area contributed by atoms with Gasteiger partial charge in [-0.3, -0.25) is 19.3 Å². The van der Waals surface area contributed by atoms with E-state index in [0.717, 1.165) is 30.6 Å². The van der Waals surface area contributed by atoms with Gasteiger partial charge in [0.25, 0.3) is 5.91 Å². The zero-order valence-electron chi connectivity index (χ0n) is 17.5. The minimum Gasteiger partial charge on any atom is -0.459 e. The molecule has 0 bridgehead atoms. The number of hydrogen-bond acceptors (Lipinski definition) is 5. The first-order valence-corrected chi connectivity index (χ1v) is 10.8. The maximum absolute atomic E-state index is 12.8. The molecule has 2 aliphatic heterocycles. The lowest BCUT2D eigenvalue weighted by molar-refractivity contribution is -0.122. The van der Waals surface area contributed by atoms with Gasteiger partial charge in [-0.2, -0.15) is 0 Å². The van der Waals surface area contributed by atoms with Crippen molar-refractivity contribution in [3.05, 3.63) is 54.0 Å². The number of rotatable bonds is 6. The van der Waals surface area contributed by atoms with Crippen molar-refractivity contribution in [1.82, 2.24) is 9.80 Å². The molecule has 1 atom stereocenters. The van der Waals surface area contributed by atoms with E-state index in [0.29, 0.717) is 38.2 Å². The van der Waals surface area contributed by atoms with Crippen LogP contribution in [0.15, 0.2) is 47.1 Å². The first kappa shape index (κ1) is 21.1. The summed E-state index contributed by atoms with van der Waals surface area (Å²) in [7, 11) is 0. The van der Waals surface area contributed by atoms with Crippen molar-refractivity contribution in [2.75, 3.05) is 25.0 Å². The van der Waals surface area contributed by atoms with Gasteiger partial charge < -0.3 is 20.4 Å². The molecule has 3 N–H and O–H groups in total. The summed E-state index contributed by atoms with van der Waals surface area (Å²) in [6.07, 6.45) is 4.48. The van der Waals surface area contributed by atoms with Crippen LogP contribution in [-0.2, 0) is 16.1 Å². The monoisotopic (exact) mass is 424 g/mol. The number of carbonyl (C=O) groups is 3. The van der Waals surface area contributed by atoms with Crippen LogP contribution in [-0.4, -0.2) is 53.2 Å². The molecule has 8 heteroatoms. The quantitative estimate of drug-likeness (QED) is 0.739. The molecule has 31 heavy (non-hydrogen) atoms. The Bertz CT molecular complexity index is 935. The van der Waals surface area contributed by atoms with E-state index in [4.69, 9.17) is 10.2 Å². The Morgan fingerprint density at radius 1 is 1.06 bits per heavy atom. The number of anilines is 1. The zero-order valence-corrected chi connectivity index (χ0v) is 17.5. The summed E-state index contributed by atoms with van der Waals surface area (Å²) < 4.78 is 5.18. The first-order valence-electron chi connectivity index (χ1n) is 10.8. The van der Waals surface area contributed by atoms with Gasteiger partial charge in [0.15, 0.2) is 5.76 Å². The van der Waals surface area contributed by atoms with Gasteiger partial charge in [0, 0.05) is 31.2 Å². The third-order valence-corrected chi connectivity index (χ3v) is 6.16. The number of carbonyl (C=O) groups excluding carboxylic acids is 3. The molecule has 1 aromatic carbocycles. The van der Waals surface area contributed by atoms with Crippen molar-refractivity contribution < 1.29 is 18.8 Å². The minimum absolute atomic E-state index is 0.0292. The number of primary amides is 1. The molecular formula is C23H28N4O4. The molecule has 0 saturated carbocycles. The van der Waals surface area contributed by atoms with Crippen LogP contribution in [0.2, 0.25) is 0 Å². The Morgan fingerprint density at radius 3 is 2.58 bits per heavy atom. The molecule has 0 aliphatic carbocycles. The van der Waals surface area contributed by atoms with Crippen LogP contribution >= 0.6 is 0 Å². The summed E-state index contributed by atoms with van der Waals surface area (Å²) >= 11 is 0. The van der Waals surface area contributed by atoms with Crippen LogP contribution in [0, 0.1) is 5.92 Å². The van der Waals surface area contributed by atoms with Crippen LogP contribution in [0.3, 0.4) is 0 Å². The second-order valence-electron chi connectivity index (χ2n) is 8.26. The fourth-order valence-corrected chi connectivity index (χ4v) is 4.46. The Labute approximate surface area is 181 Å². The van der Waals surface area contributed by atoms with E-state index in [1.54, 1.807) is 17.0 Å². The molecule has 0 radical (unpaired) electrons. The van der Waals surface area contributed by atoms with E-state index in [-0.39, 0.29) is 29.7 Å². The molecular weight excluding hydrogens is 396 g/mol. The number of piperidine rings is 1. The predicted octanol–water partition coefficient (Wildman–Crippen LogP) is 2.22. The van der Waals surface area contributed by atoms with Gasteiger partial charge in [0.2, 0.25) is 11.8 Å². The highest BCUT2D eigenvalue weighted by Crippen LogP contribution is 2.23. The zero-order chi connectivity index (χ0) is 21.8. The third kappa shape index (κ3) is 4.96. The molecule has 8 nitrogen and oxygen atoms in total. The van der Waals surface area contributed by atoms with E-state index in [1.165, 1.54) is 6.26 Å². The summed E-state index contributed by atoms with van der Waals surface area (Å²) in [5, 5.41) is 3.01. The normalized spacial score (nSPS) is 20.0. The van der Waals surface area contributed by atoms with E-state index < -0.39 is 0 Å². The standard InChI is InChI=1S/C23H28N4O4/c24-21(28)19-6-2-10-27(19)15-16-4-1-5-18(14-16)25-22(29)17-8-11-26(12-9-17)23(30)20-7-3-13-31-20/h1,3-5,7,13-14,17,19H,2,6,8-12,15H2,(H2,24,28)(H,25,29). The number of amides is 3. The van der Waals surface area contributed by atoms with Gasteiger partial charge >= 0.3 is 0 Å². The lowest BCUT2D eigenvalue weighted by atomic mass is 9.95. The predicted molar refractivity (Wildman–Crippen MR) is 115 cm³/mol. The maximum Gasteiger partial charge on any atom is 0.289 e. The largest absolute Gasteiger partial charge is 0.459 e. The third-order valence-electron chi connectivity index (χ3n) is 6.16. The minimum atomic E-state index is -0.279. The van der Waals surface area contributed by atoms with Gasteiger partial charge in [-0.25, -0.2) is 0 Å². The summed E-state index contributed by atoms with van der Waals surface area (Å²) in [6, 6.07) is 10.8. The van der Waals surface area contributed by atoms with Gasteiger partial charge in [-0.05, 0) is 62.1 Å². The van der Waals surface area contributed by atoms with Crippen molar-refractivity contribution >= 4 is 23.4 Å². The summed E-state index contributed by atoms with van der Waals surface area (Å²) in [6.45, 7) is 2.53. The lowest BCUT2D eigenvalue weighted by Crippen LogP contribution is -2.41.